The molecule has 29 heavy (non-hydrogen) atoms. The van der Waals surface area contributed by atoms with Gasteiger partial charge in [0.25, 0.3) is 0 Å². The van der Waals surface area contributed by atoms with Crippen LogP contribution in [0.4, 0.5) is 0 Å². The Morgan fingerprint density at radius 1 is 1.24 bits per heavy atom. The predicted molar refractivity (Wildman–Crippen MR) is 115 cm³/mol. The molecule has 1 aromatic carbocycles. The van der Waals surface area contributed by atoms with Gasteiger partial charge in [0.1, 0.15) is 0 Å². The van der Waals surface area contributed by atoms with E-state index < -0.39 is 0 Å². The number of fused-ring (bicyclic) bond motifs is 5. The van der Waals surface area contributed by atoms with Crippen molar-refractivity contribution in [3.05, 3.63) is 75.0 Å². The van der Waals surface area contributed by atoms with Crippen molar-refractivity contribution >= 4 is 10.9 Å². The topological polar surface area (TPSA) is 69.8 Å². The van der Waals surface area contributed by atoms with E-state index in [1.54, 1.807) is 0 Å². The first kappa shape index (κ1) is 18.2. The van der Waals surface area contributed by atoms with Gasteiger partial charge in [-0.15, -0.1) is 0 Å². The standard InChI is InChI=1S/C23H26N6/c1-15-5-8-20-18(12-15)23-21-4-3-10-28(21)11-9-22(23)29(20)14-19(26-27-24)17-7-6-16(2)25-13-17/h5-8,12-13,19,21H,3-4,9-11,14H2,1-2H3. The van der Waals surface area contributed by atoms with Gasteiger partial charge in [-0.3, -0.25) is 9.88 Å². The van der Waals surface area contributed by atoms with Gasteiger partial charge in [0.2, 0.25) is 0 Å². The molecule has 3 aromatic rings. The summed E-state index contributed by atoms with van der Waals surface area (Å²) < 4.78 is 2.42. The highest BCUT2D eigenvalue weighted by Crippen LogP contribution is 2.43. The molecule has 2 unspecified atom stereocenters. The smallest absolute Gasteiger partial charge is 0.0819 e. The first-order valence-electron chi connectivity index (χ1n) is 10.5. The maximum absolute atomic E-state index is 9.21. The molecule has 0 aliphatic carbocycles. The van der Waals surface area contributed by atoms with Crippen molar-refractivity contribution in [2.45, 2.75) is 51.7 Å². The molecule has 0 amide bonds. The van der Waals surface area contributed by atoms with Gasteiger partial charge in [0, 0.05) is 59.0 Å². The lowest BCUT2D eigenvalue weighted by atomic mass is 9.95. The number of hydrogen-bond acceptors (Lipinski definition) is 3. The van der Waals surface area contributed by atoms with Gasteiger partial charge in [-0.1, -0.05) is 22.8 Å². The van der Waals surface area contributed by atoms with Gasteiger partial charge in [-0.2, -0.15) is 0 Å². The highest BCUT2D eigenvalue weighted by molar-refractivity contribution is 5.87. The van der Waals surface area contributed by atoms with Crippen molar-refractivity contribution in [2.24, 2.45) is 5.11 Å². The zero-order valence-electron chi connectivity index (χ0n) is 17.0. The van der Waals surface area contributed by atoms with Gasteiger partial charge in [-0.05, 0) is 68.1 Å². The normalized spacial score (nSPS) is 19.6. The summed E-state index contributed by atoms with van der Waals surface area (Å²) in [7, 11) is 0. The van der Waals surface area contributed by atoms with Crippen LogP contribution in [0.15, 0.2) is 41.6 Å². The van der Waals surface area contributed by atoms with E-state index >= 15 is 0 Å². The maximum Gasteiger partial charge on any atom is 0.0819 e. The van der Waals surface area contributed by atoms with Crippen molar-refractivity contribution in [1.29, 1.82) is 0 Å². The molecule has 148 valence electrons. The fourth-order valence-electron chi connectivity index (χ4n) is 5.19. The summed E-state index contributed by atoms with van der Waals surface area (Å²) in [6, 6.07) is 11.0. The fraction of sp³-hybridized carbons (Fsp3) is 0.435. The minimum absolute atomic E-state index is 0.268. The Morgan fingerprint density at radius 3 is 2.93 bits per heavy atom. The quantitative estimate of drug-likeness (QED) is 0.342. The highest BCUT2D eigenvalue weighted by Gasteiger charge is 2.35. The van der Waals surface area contributed by atoms with Gasteiger partial charge in [-0.25, -0.2) is 0 Å². The lowest BCUT2D eigenvalue weighted by Gasteiger charge is -2.31. The fourth-order valence-corrected chi connectivity index (χ4v) is 5.19. The zero-order chi connectivity index (χ0) is 20.0. The third-order valence-corrected chi connectivity index (χ3v) is 6.57. The Kier molecular flexibility index (Phi) is 4.53. The summed E-state index contributed by atoms with van der Waals surface area (Å²) in [6.45, 7) is 7.11. The van der Waals surface area contributed by atoms with Gasteiger partial charge in [0.05, 0.1) is 6.04 Å². The van der Waals surface area contributed by atoms with Crippen molar-refractivity contribution in [3.8, 4) is 0 Å². The summed E-state index contributed by atoms with van der Waals surface area (Å²) in [6.07, 6.45) is 5.41. The zero-order valence-corrected chi connectivity index (χ0v) is 17.0. The second-order valence-electron chi connectivity index (χ2n) is 8.39. The first-order valence-corrected chi connectivity index (χ1v) is 10.5. The molecular weight excluding hydrogens is 360 g/mol. The second kappa shape index (κ2) is 7.21. The molecule has 0 bridgehead atoms. The first-order chi connectivity index (χ1) is 14.2. The second-order valence-corrected chi connectivity index (χ2v) is 8.39. The van der Waals surface area contributed by atoms with Gasteiger partial charge < -0.3 is 4.57 Å². The number of hydrogen-bond donors (Lipinski definition) is 0. The average molecular weight is 387 g/mol. The van der Waals surface area contributed by atoms with Crippen LogP contribution >= 0.6 is 0 Å². The van der Waals surface area contributed by atoms with E-state index in [2.05, 4.69) is 49.6 Å². The summed E-state index contributed by atoms with van der Waals surface area (Å²) in [5.74, 6) is 0. The lowest BCUT2D eigenvalue weighted by Crippen LogP contribution is -2.31. The average Bonchev–Trinajstić information content (AvgIpc) is 3.31. The van der Waals surface area contributed by atoms with Crippen molar-refractivity contribution in [1.82, 2.24) is 14.5 Å². The third-order valence-electron chi connectivity index (χ3n) is 6.57. The van der Waals surface area contributed by atoms with Crippen LogP contribution in [0.25, 0.3) is 21.3 Å². The highest BCUT2D eigenvalue weighted by atomic mass is 15.2. The Labute approximate surface area is 170 Å². The molecular formula is C23H26N6. The Balaban J connectivity index is 1.64. The van der Waals surface area contributed by atoms with Crippen LogP contribution in [0.1, 0.15) is 53.0 Å². The van der Waals surface area contributed by atoms with Crippen LogP contribution in [0.5, 0.6) is 0 Å². The van der Waals surface area contributed by atoms with Crippen LogP contribution < -0.4 is 0 Å². The Bertz CT molecular complexity index is 1110. The van der Waals surface area contributed by atoms with Crippen molar-refractivity contribution in [3.63, 3.8) is 0 Å². The van der Waals surface area contributed by atoms with Crippen molar-refractivity contribution in [2.75, 3.05) is 13.1 Å². The van der Waals surface area contributed by atoms with E-state index in [0.717, 1.165) is 24.2 Å². The van der Waals surface area contributed by atoms with Gasteiger partial charge in [0.15, 0.2) is 0 Å². The molecule has 6 heteroatoms. The minimum atomic E-state index is -0.268. The van der Waals surface area contributed by atoms with Crippen LogP contribution in [-0.2, 0) is 13.0 Å². The molecule has 5 rings (SSSR count). The van der Waals surface area contributed by atoms with E-state index in [1.165, 1.54) is 47.1 Å². The molecule has 0 spiro atoms. The predicted octanol–water partition coefficient (Wildman–Crippen LogP) is 5.40. The molecule has 2 aliphatic heterocycles. The van der Waals surface area contributed by atoms with E-state index in [9.17, 15) is 5.53 Å². The van der Waals surface area contributed by atoms with Crippen LogP contribution in [-0.4, -0.2) is 27.5 Å². The molecule has 1 saturated heterocycles. The van der Waals surface area contributed by atoms with Crippen molar-refractivity contribution < 1.29 is 0 Å². The number of nitrogens with zero attached hydrogens (tertiary/aromatic N) is 6. The molecule has 0 radical (unpaired) electrons. The molecule has 6 nitrogen and oxygen atoms in total. The number of azide groups is 1. The molecule has 2 atom stereocenters. The third kappa shape index (κ3) is 3.09. The number of aromatic nitrogens is 2. The summed E-state index contributed by atoms with van der Waals surface area (Å²) in [5.41, 5.74) is 16.6. The monoisotopic (exact) mass is 386 g/mol. The molecule has 2 aliphatic rings. The summed E-state index contributed by atoms with van der Waals surface area (Å²) in [4.78, 5) is 10.2. The number of aryl methyl sites for hydroxylation is 2. The molecule has 0 N–H and O–H groups in total. The summed E-state index contributed by atoms with van der Waals surface area (Å²) >= 11 is 0. The number of rotatable bonds is 4. The van der Waals surface area contributed by atoms with E-state index in [-0.39, 0.29) is 6.04 Å². The van der Waals surface area contributed by atoms with E-state index in [1.807, 2.05) is 25.3 Å². The maximum atomic E-state index is 9.21. The van der Waals surface area contributed by atoms with Gasteiger partial charge >= 0.3 is 0 Å². The number of pyridine rings is 1. The van der Waals surface area contributed by atoms with Crippen LogP contribution in [0, 0.1) is 13.8 Å². The summed E-state index contributed by atoms with van der Waals surface area (Å²) in [5, 5.41) is 5.52. The molecule has 4 heterocycles. The largest absolute Gasteiger partial charge is 0.343 e. The number of benzene rings is 1. The molecule has 2 aromatic heterocycles. The lowest BCUT2D eigenvalue weighted by molar-refractivity contribution is 0.241. The SMILES string of the molecule is Cc1ccc2c(c1)c1c(n2CC(N=[N+]=[N-])c2ccc(C)nc2)CCN2CCCC12. The molecule has 1 fully saturated rings. The van der Waals surface area contributed by atoms with E-state index in [0.29, 0.717) is 12.6 Å². The van der Waals surface area contributed by atoms with Crippen LogP contribution in [0.3, 0.4) is 0 Å². The van der Waals surface area contributed by atoms with E-state index in [4.69, 9.17) is 0 Å². The van der Waals surface area contributed by atoms with Crippen LogP contribution in [0.2, 0.25) is 0 Å². The molecule has 0 saturated carbocycles. The Morgan fingerprint density at radius 2 is 2.14 bits per heavy atom. The minimum Gasteiger partial charge on any atom is -0.343 e. The Hall–Kier alpha value is -2.82.